The van der Waals surface area contributed by atoms with Gasteiger partial charge in [0, 0.05) is 23.9 Å². The zero-order chi connectivity index (χ0) is 12.1. The molecule has 0 aromatic heterocycles. The zero-order valence-corrected chi connectivity index (χ0v) is 11.2. The molecule has 0 spiro atoms. The lowest BCUT2D eigenvalue weighted by Gasteiger charge is -2.15. The van der Waals surface area contributed by atoms with Crippen molar-refractivity contribution in [1.82, 2.24) is 4.90 Å². The fraction of sp³-hybridized carbons (Fsp3) is 0.462. The van der Waals surface area contributed by atoms with Gasteiger partial charge in [0.15, 0.2) is 0 Å². The summed E-state index contributed by atoms with van der Waals surface area (Å²) in [6.07, 6.45) is 1.05. The van der Waals surface area contributed by atoms with Gasteiger partial charge in [-0.3, -0.25) is 4.79 Å². The maximum absolute atomic E-state index is 11.9. The number of nitrogens with zero attached hydrogens (tertiary/aromatic N) is 1. The van der Waals surface area contributed by atoms with Crippen LogP contribution in [0.25, 0.3) is 0 Å². The molecule has 1 aromatic rings. The molecular weight excluding hydrogens is 254 g/mol. The lowest BCUT2D eigenvalue weighted by atomic mass is 10.2. The topological polar surface area (TPSA) is 20.3 Å². The monoisotopic (exact) mass is 269 g/mol. The summed E-state index contributed by atoms with van der Waals surface area (Å²) in [5.74, 6) is 1.91. The van der Waals surface area contributed by atoms with Crippen molar-refractivity contribution in [2.75, 3.05) is 24.7 Å². The first-order chi connectivity index (χ1) is 8.29. The van der Waals surface area contributed by atoms with Gasteiger partial charge in [-0.15, -0.1) is 23.4 Å². The molecule has 1 atom stereocenters. The Balaban J connectivity index is 1.78. The molecule has 1 aliphatic heterocycles. The van der Waals surface area contributed by atoms with Gasteiger partial charge < -0.3 is 4.90 Å². The molecule has 1 fully saturated rings. The van der Waals surface area contributed by atoms with Crippen LogP contribution in [0.15, 0.2) is 35.2 Å². The predicted molar refractivity (Wildman–Crippen MR) is 72.6 cm³/mol. The van der Waals surface area contributed by atoms with E-state index in [1.165, 1.54) is 0 Å². The number of alkyl halides is 1. The van der Waals surface area contributed by atoms with Gasteiger partial charge in [-0.1, -0.05) is 18.2 Å². The van der Waals surface area contributed by atoms with E-state index in [-0.39, 0.29) is 5.91 Å². The second-order valence-corrected chi connectivity index (χ2v) is 5.61. The molecule has 92 valence electrons. The molecule has 17 heavy (non-hydrogen) atoms. The summed E-state index contributed by atoms with van der Waals surface area (Å²) in [5.41, 5.74) is 0. The van der Waals surface area contributed by atoms with Crippen LogP contribution in [0.5, 0.6) is 0 Å². The van der Waals surface area contributed by atoms with Crippen molar-refractivity contribution in [3.63, 3.8) is 0 Å². The molecule has 1 unspecified atom stereocenters. The summed E-state index contributed by atoms with van der Waals surface area (Å²) in [6.45, 7) is 1.70. The first-order valence-electron chi connectivity index (χ1n) is 5.81. The molecule has 0 radical (unpaired) electrons. The van der Waals surface area contributed by atoms with E-state index in [1.807, 2.05) is 35.2 Å². The van der Waals surface area contributed by atoms with Crippen molar-refractivity contribution in [1.29, 1.82) is 0 Å². The molecule has 0 bridgehead atoms. The third kappa shape index (κ3) is 3.65. The number of thioether (sulfide) groups is 1. The number of carbonyl (C=O) groups is 1. The van der Waals surface area contributed by atoms with Crippen molar-refractivity contribution in [3.8, 4) is 0 Å². The maximum Gasteiger partial charge on any atom is 0.232 e. The SMILES string of the molecule is O=C(CSc1ccccc1)N1CCC(CCl)C1. The molecule has 1 amide bonds. The second kappa shape index (κ2) is 6.31. The van der Waals surface area contributed by atoms with E-state index in [0.29, 0.717) is 17.6 Å². The first kappa shape index (κ1) is 12.8. The van der Waals surface area contributed by atoms with Crippen LogP contribution in [-0.4, -0.2) is 35.5 Å². The number of amides is 1. The van der Waals surface area contributed by atoms with Gasteiger partial charge in [0.2, 0.25) is 5.91 Å². The Hall–Kier alpha value is -0.670. The molecular formula is C13H16ClNOS. The Morgan fingerprint density at radius 3 is 2.82 bits per heavy atom. The zero-order valence-electron chi connectivity index (χ0n) is 9.64. The number of hydrogen-bond donors (Lipinski definition) is 0. The number of halogens is 1. The molecule has 0 saturated carbocycles. The summed E-state index contributed by atoms with van der Waals surface area (Å²) in [6, 6.07) is 10.0. The van der Waals surface area contributed by atoms with Crippen molar-refractivity contribution < 1.29 is 4.79 Å². The Bertz CT molecular complexity index is 371. The van der Waals surface area contributed by atoms with Crippen LogP contribution in [0.4, 0.5) is 0 Å². The standard InChI is InChI=1S/C13H16ClNOS/c14-8-11-6-7-15(9-11)13(16)10-17-12-4-2-1-3-5-12/h1-5,11H,6-10H2. The average Bonchev–Trinajstić information content (AvgIpc) is 2.86. The molecule has 2 nitrogen and oxygen atoms in total. The van der Waals surface area contributed by atoms with Crippen LogP contribution in [0.3, 0.4) is 0 Å². The van der Waals surface area contributed by atoms with Gasteiger partial charge in [-0.05, 0) is 24.5 Å². The van der Waals surface area contributed by atoms with E-state index >= 15 is 0 Å². The summed E-state index contributed by atoms with van der Waals surface area (Å²) < 4.78 is 0. The van der Waals surface area contributed by atoms with Crippen molar-refractivity contribution >= 4 is 29.3 Å². The van der Waals surface area contributed by atoms with Gasteiger partial charge in [0.1, 0.15) is 0 Å². The van der Waals surface area contributed by atoms with Crippen molar-refractivity contribution in [2.45, 2.75) is 11.3 Å². The number of hydrogen-bond acceptors (Lipinski definition) is 2. The Morgan fingerprint density at radius 2 is 2.18 bits per heavy atom. The van der Waals surface area contributed by atoms with Crippen LogP contribution in [-0.2, 0) is 4.79 Å². The number of rotatable bonds is 4. The van der Waals surface area contributed by atoms with Crippen LogP contribution in [0, 0.1) is 5.92 Å². The van der Waals surface area contributed by atoms with Crippen molar-refractivity contribution in [3.05, 3.63) is 30.3 Å². The van der Waals surface area contributed by atoms with Crippen LogP contribution in [0.2, 0.25) is 0 Å². The summed E-state index contributed by atoms with van der Waals surface area (Å²) in [7, 11) is 0. The number of likely N-dealkylation sites (tertiary alicyclic amines) is 1. The van der Waals surface area contributed by atoms with E-state index in [2.05, 4.69) is 0 Å². The van der Waals surface area contributed by atoms with E-state index in [4.69, 9.17) is 11.6 Å². The number of carbonyl (C=O) groups excluding carboxylic acids is 1. The van der Waals surface area contributed by atoms with Crippen LogP contribution >= 0.6 is 23.4 Å². The lowest BCUT2D eigenvalue weighted by Crippen LogP contribution is -2.30. The Labute approximate surface area is 111 Å². The fourth-order valence-electron chi connectivity index (χ4n) is 1.94. The Morgan fingerprint density at radius 1 is 1.41 bits per heavy atom. The predicted octanol–water partition coefficient (Wildman–Crippen LogP) is 2.87. The van der Waals surface area contributed by atoms with Gasteiger partial charge in [0.05, 0.1) is 5.75 Å². The first-order valence-corrected chi connectivity index (χ1v) is 7.33. The average molecular weight is 270 g/mol. The quantitative estimate of drug-likeness (QED) is 0.619. The van der Waals surface area contributed by atoms with E-state index in [1.54, 1.807) is 11.8 Å². The summed E-state index contributed by atoms with van der Waals surface area (Å²) >= 11 is 7.41. The Kier molecular flexibility index (Phi) is 4.75. The minimum atomic E-state index is 0.228. The molecule has 1 saturated heterocycles. The molecule has 1 aliphatic rings. The van der Waals surface area contributed by atoms with Crippen LogP contribution < -0.4 is 0 Å². The third-order valence-electron chi connectivity index (χ3n) is 2.96. The third-order valence-corrected chi connectivity index (χ3v) is 4.40. The second-order valence-electron chi connectivity index (χ2n) is 4.25. The summed E-state index contributed by atoms with van der Waals surface area (Å²) in [5, 5.41) is 0. The molecule has 0 aliphatic carbocycles. The number of benzene rings is 1. The van der Waals surface area contributed by atoms with Gasteiger partial charge in [0.25, 0.3) is 0 Å². The van der Waals surface area contributed by atoms with E-state index < -0.39 is 0 Å². The normalized spacial score (nSPS) is 19.6. The highest BCUT2D eigenvalue weighted by Gasteiger charge is 2.25. The fourth-order valence-corrected chi connectivity index (χ4v) is 3.01. The van der Waals surface area contributed by atoms with Crippen molar-refractivity contribution in [2.24, 2.45) is 5.92 Å². The lowest BCUT2D eigenvalue weighted by molar-refractivity contribution is -0.127. The molecule has 2 rings (SSSR count). The molecule has 4 heteroatoms. The highest BCUT2D eigenvalue weighted by atomic mass is 35.5. The van der Waals surface area contributed by atoms with Gasteiger partial charge >= 0.3 is 0 Å². The minimum absolute atomic E-state index is 0.228. The molecule has 1 heterocycles. The van der Waals surface area contributed by atoms with Crippen LogP contribution in [0.1, 0.15) is 6.42 Å². The smallest absolute Gasteiger partial charge is 0.232 e. The molecule has 0 N–H and O–H groups in total. The van der Waals surface area contributed by atoms with E-state index in [0.717, 1.165) is 24.4 Å². The highest BCUT2D eigenvalue weighted by molar-refractivity contribution is 8.00. The summed E-state index contributed by atoms with van der Waals surface area (Å²) in [4.78, 5) is 15.0. The molecule has 1 aromatic carbocycles. The van der Waals surface area contributed by atoms with E-state index in [9.17, 15) is 4.79 Å². The maximum atomic E-state index is 11.9. The van der Waals surface area contributed by atoms with Gasteiger partial charge in [-0.25, -0.2) is 0 Å². The van der Waals surface area contributed by atoms with Gasteiger partial charge in [-0.2, -0.15) is 0 Å². The largest absolute Gasteiger partial charge is 0.342 e. The minimum Gasteiger partial charge on any atom is -0.342 e. The highest BCUT2D eigenvalue weighted by Crippen LogP contribution is 2.21.